The number of hydrogen-bond donors (Lipinski definition) is 1. The molecule has 0 saturated carbocycles. The third-order valence-electron chi connectivity index (χ3n) is 2.05. The maximum Gasteiger partial charge on any atom is 0.573 e. The van der Waals surface area contributed by atoms with Gasteiger partial charge in [0.25, 0.3) is 5.88 Å². The predicted molar refractivity (Wildman–Crippen MR) is 54.9 cm³/mol. The van der Waals surface area contributed by atoms with Gasteiger partial charge in [-0.3, -0.25) is 4.79 Å². The summed E-state index contributed by atoms with van der Waals surface area (Å²) in [5, 5.41) is 9.67. The van der Waals surface area contributed by atoms with Gasteiger partial charge in [-0.25, -0.2) is 4.98 Å². The zero-order chi connectivity index (χ0) is 14.6. The zero-order valence-electron chi connectivity index (χ0n) is 9.95. The van der Waals surface area contributed by atoms with E-state index in [4.69, 9.17) is 0 Å². The number of carbonyl (C=O) groups is 1. The lowest BCUT2D eigenvalue weighted by Gasteiger charge is -2.14. The van der Waals surface area contributed by atoms with Crippen molar-refractivity contribution in [3.63, 3.8) is 0 Å². The Hall–Kier alpha value is -2.19. The molecule has 9 heteroatoms. The zero-order valence-corrected chi connectivity index (χ0v) is 9.95. The molecule has 1 N–H and O–H groups in total. The van der Waals surface area contributed by atoms with Gasteiger partial charge in [0, 0.05) is 0 Å². The van der Waals surface area contributed by atoms with E-state index in [0.29, 0.717) is 6.20 Å². The van der Waals surface area contributed by atoms with Crippen molar-refractivity contribution < 1.29 is 37.3 Å². The summed E-state index contributed by atoms with van der Waals surface area (Å²) < 4.78 is 49.2. The number of pyridine rings is 1. The summed E-state index contributed by atoms with van der Waals surface area (Å²) in [7, 11) is 2.22. The van der Waals surface area contributed by atoms with Gasteiger partial charge < -0.3 is 19.3 Å². The minimum atomic E-state index is -4.98. The predicted octanol–water partition coefficient (Wildman–Crippen LogP) is 1.41. The molecule has 1 aromatic rings. The largest absolute Gasteiger partial charge is 0.573 e. The first-order valence-corrected chi connectivity index (χ1v) is 4.86. The Kier molecular flexibility index (Phi) is 4.41. The molecule has 0 atom stereocenters. The SMILES string of the molecule is COC(=O)Cc1c(OC(F)(F)F)cnc(OC)c1O. The molecule has 1 heterocycles. The second kappa shape index (κ2) is 5.63. The van der Waals surface area contributed by atoms with E-state index in [0.717, 1.165) is 14.2 Å². The van der Waals surface area contributed by atoms with Crippen LogP contribution in [0.1, 0.15) is 5.56 Å². The average molecular weight is 281 g/mol. The molecule has 0 fully saturated rings. The van der Waals surface area contributed by atoms with E-state index in [1.807, 2.05) is 0 Å². The summed E-state index contributed by atoms with van der Waals surface area (Å²) in [5.41, 5.74) is -0.420. The smallest absolute Gasteiger partial charge is 0.503 e. The highest BCUT2D eigenvalue weighted by molar-refractivity contribution is 5.75. The van der Waals surface area contributed by atoms with Crippen LogP contribution in [0.2, 0.25) is 0 Å². The topological polar surface area (TPSA) is 77.9 Å². The molecule has 0 radical (unpaired) electrons. The molecule has 0 saturated heterocycles. The number of halogens is 3. The lowest BCUT2D eigenvalue weighted by atomic mass is 10.1. The maximum atomic E-state index is 12.2. The van der Waals surface area contributed by atoms with E-state index >= 15 is 0 Å². The molecule has 0 bridgehead atoms. The minimum Gasteiger partial charge on any atom is -0.503 e. The summed E-state index contributed by atoms with van der Waals surface area (Å²) in [6.07, 6.45) is -4.90. The Labute approximate surface area is 105 Å². The highest BCUT2D eigenvalue weighted by Gasteiger charge is 2.34. The quantitative estimate of drug-likeness (QED) is 0.841. The molecule has 0 aliphatic heterocycles. The van der Waals surface area contributed by atoms with E-state index in [9.17, 15) is 23.1 Å². The van der Waals surface area contributed by atoms with Crippen LogP contribution in [0.25, 0.3) is 0 Å². The number of carbonyl (C=O) groups excluding carboxylic acids is 1. The number of esters is 1. The molecular formula is C10H10F3NO5. The van der Waals surface area contributed by atoms with Gasteiger partial charge in [-0.1, -0.05) is 0 Å². The number of hydrogen-bond acceptors (Lipinski definition) is 6. The Morgan fingerprint density at radius 3 is 2.53 bits per heavy atom. The Balaban J connectivity index is 3.22. The molecule has 0 unspecified atom stereocenters. The lowest BCUT2D eigenvalue weighted by Crippen LogP contribution is -2.19. The van der Waals surface area contributed by atoms with Crippen LogP contribution in [0, 0.1) is 0 Å². The third-order valence-corrected chi connectivity index (χ3v) is 2.05. The third kappa shape index (κ3) is 3.90. The minimum absolute atomic E-state index is 0.326. The maximum absolute atomic E-state index is 12.2. The van der Waals surface area contributed by atoms with Crippen LogP contribution in [-0.4, -0.2) is 36.6 Å². The summed E-state index contributed by atoms with van der Waals surface area (Å²) in [6.45, 7) is 0. The average Bonchev–Trinajstić information content (AvgIpc) is 2.32. The fourth-order valence-corrected chi connectivity index (χ4v) is 1.25. The van der Waals surface area contributed by atoms with Crippen molar-refractivity contribution in [1.82, 2.24) is 4.98 Å². The van der Waals surface area contributed by atoms with Crippen LogP contribution in [0.5, 0.6) is 17.4 Å². The van der Waals surface area contributed by atoms with Crippen LogP contribution >= 0.6 is 0 Å². The van der Waals surface area contributed by atoms with E-state index in [2.05, 4.69) is 19.2 Å². The van der Waals surface area contributed by atoms with Gasteiger partial charge >= 0.3 is 12.3 Å². The second-order valence-electron chi connectivity index (χ2n) is 3.26. The van der Waals surface area contributed by atoms with Crippen molar-refractivity contribution in [2.24, 2.45) is 0 Å². The fraction of sp³-hybridized carbons (Fsp3) is 0.400. The first-order chi connectivity index (χ1) is 8.78. The molecule has 0 amide bonds. The van der Waals surface area contributed by atoms with Gasteiger partial charge in [-0.15, -0.1) is 13.2 Å². The van der Waals surface area contributed by atoms with E-state index in [-0.39, 0.29) is 5.88 Å². The van der Waals surface area contributed by atoms with Crippen molar-refractivity contribution >= 4 is 5.97 Å². The van der Waals surface area contributed by atoms with Gasteiger partial charge in [0.2, 0.25) is 0 Å². The molecular weight excluding hydrogens is 271 g/mol. The van der Waals surface area contributed by atoms with Crippen molar-refractivity contribution in [3.8, 4) is 17.4 Å². The van der Waals surface area contributed by atoms with E-state index in [1.165, 1.54) is 0 Å². The van der Waals surface area contributed by atoms with Crippen LogP contribution in [0.4, 0.5) is 13.2 Å². The van der Waals surface area contributed by atoms with Gasteiger partial charge in [-0.2, -0.15) is 0 Å². The van der Waals surface area contributed by atoms with Crippen LogP contribution in [0.15, 0.2) is 6.20 Å². The molecule has 6 nitrogen and oxygen atoms in total. The molecule has 106 valence electrons. The van der Waals surface area contributed by atoms with Gasteiger partial charge in [0.15, 0.2) is 11.5 Å². The standard InChI is InChI=1S/C10H10F3NO5/c1-17-7(15)3-5-6(19-10(11,12)13)4-14-9(18-2)8(5)16/h4,16H,3H2,1-2H3. The number of nitrogens with zero attached hydrogens (tertiary/aromatic N) is 1. The Morgan fingerprint density at radius 2 is 2.05 bits per heavy atom. The van der Waals surface area contributed by atoms with Gasteiger partial charge in [-0.05, 0) is 0 Å². The van der Waals surface area contributed by atoms with Crippen LogP contribution in [-0.2, 0) is 16.0 Å². The Morgan fingerprint density at radius 1 is 1.42 bits per heavy atom. The molecule has 0 aromatic carbocycles. The molecule has 0 aliphatic rings. The normalized spacial score (nSPS) is 11.0. The van der Waals surface area contributed by atoms with Crippen molar-refractivity contribution in [2.45, 2.75) is 12.8 Å². The number of methoxy groups -OCH3 is 2. The number of ether oxygens (including phenoxy) is 3. The van der Waals surface area contributed by atoms with Crippen molar-refractivity contribution in [1.29, 1.82) is 0 Å². The molecule has 0 aliphatic carbocycles. The summed E-state index contributed by atoms with van der Waals surface area (Å²) in [5.74, 6) is -2.69. The number of alkyl halides is 3. The van der Waals surface area contributed by atoms with E-state index in [1.54, 1.807) is 0 Å². The van der Waals surface area contributed by atoms with Gasteiger partial charge in [0.05, 0.1) is 32.4 Å². The highest BCUT2D eigenvalue weighted by Crippen LogP contribution is 2.37. The monoisotopic (exact) mass is 281 g/mol. The summed E-state index contributed by atoms with van der Waals surface area (Å²) in [4.78, 5) is 14.5. The van der Waals surface area contributed by atoms with E-state index < -0.39 is 35.8 Å². The van der Waals surface area contributed by atoms with Crippen LogP contribution < -0.4 is 9.47 Å². The highest BCUT2D eigenvalue weighted by atomic mass is 19.4. The molecule has 1 aromatic heterocycles. The first-order valence-electron chi connectivity index (χ1n) is 4.86. The molecule has 1 rings (SSSR count). The number of aromatic hydroxyl groups is 1. The summed E-state index contributed by atoms with van der Waals surface area (Å²) in [6, 6.07) is 0. The molecule has 0 spiro atoms. The first kappa shape index (κ1) is 14.9. The fourth-order valence-electron chi connectivity index (χ4n) is 1.25. The summed E-state index contributed by atoms with van der Waals surface area (Å²) >= 11 is 0. The molecule has 19 heavy (non-hydrogen) atoms. The van der Waals surface area contributed by atoms with Gasteiger partial charge in [0.1, 0.15) is 0 Å². The van der Waals surface area contributed by atoms with Crippen LogP contribution in [0.3, 0.4) is 0 Å². The van der Waals surface area contributed by atoms with Crippen molar-refractivity contribution in [3.05, 3.63) is 11.8 Å². The number of rotatable bonds is 4. The Bertz CT molecular complexity index is 475. The van der Waals surface area contributed by atoms with Crippen molar-refractivity contribution in [2.75, 3.05) is 14.2 Å². The second-order valence-corrected chi connectivity index (χ2v) is 3.26. The lowest BCUT2D eigenvalue weighted by molar-refractivity contribution is -0.275. The number of aromatic nitrogens is 1.